The highest BCUT2D eigenvalue weighted by atomic mass is 15.1. The third kappa shape index (κ3) is 6.76. The van der Waals surface area contributed by atoms with Crippen molar-refractivity contribution in [3.8, 4) is 0 Å². The van der Waals surface area contributed by atoms with Gasteiger partial charge in [0.1, 0.15) is 0 Å². The molecular formula is C17H36N2. The van der Waals surface area contributed by atoms with Gasteiger partial charge in [-0.15, -0.1) is 0 Å². The van der Waals surface area contributed by atoms with Crippen molar-refractivity contribution in [1.29, 1.82) is 0 Å². The maximum absolute atomic E-state index is 3.72. The van der Waals surface area contributed by atoms with Gasteiger partial charge in [-0.05, 0) is 64.5 Å². The van der Waals surface area contributed by atoms with Crippen LogP contribution in [0, 0.1) is 11.3 Å². The number of hydrogen-bond acceptors (Lipinski definition) is 2. The van der Waals surface area contributed by atoms with E-state index < -0.39 is 0 Å². The molecule has 1 saturated heterocycles. The van der Waals surface area contributed by atoms with E-state index in [2.05, 4.69) is 51.8 Å². The lowest BCUT2D eigenvalue weighted by molar-refractivity contribution is 0.109. The van der Waals surface area contributed by atoms with Crippen molar-refractivity contribution in [3.63, 3.8) is 0 Å². The van der Waals surface area contributed by atoms with Crippen LogP contribution in [-0.4, -0.2) is 36.6 Å². The molecule has 1 fully saturated rings. The van der Waals surface area contributed by atoms with Crippen molar-refractivity contribution in [3.05, 3.63) is 0 Å². The Morgan fingerprint density at radius 3 is 2.16 bits per heavy atom. The topological polar surface area (TPSA) is 15.3 Å². The second-order valence-corrected chi connectivity index (χ2v) is 8.12. The molecule has 1 N–H and O–H groups in total. The lowest BCUT2D eigenvalue weighted by Crippen LogP contribution is -2.48. The average molecular weight is 268 g/mol. The monoisotopic (exact) mass is 268 g/mol. The summed E-state index contributed by atoms with van der Waals surface area (Å²) in [5.41, 5.74) is 0.647. The summed E-state index contributed by atoms with van der Waals surface area (Å²) in [4.78, 5) is 2.69. The summed E-state index contributed by atoms with van der Waals surface area (Å²) >= 11 is 0. The quantitative estimate of drug-likeness (QED) is 0.785. The lowest BCUT2D eigenvalue weighted by atomic mass is 9.83. The fourth-order valence-corrected chi connectivity index (χ4v) is 3.07. The number of rotatable bonds is 6. The zero-order valence-electron chi connectivity index (χ0n) is 14.2. The summed E-state index contributed by atoms with van der Waals surface area (Å²) in [7, 11) is 0. The molecule has 0 aliphatic carbocycles. The van der Waals surface area contributed by atoms with Crippen LogP contribution in [0.15, 0.2) is 0 Å². The van der Waals surface area contributed by atoms with Gasteiger partial charge >= 0.3 is 0 Å². The Labute approximate surface area is 121 Å². The van der Waals surface area contributed by atoms with Crippen LogP contribution in [0.5, 0.6) is 0 Å². The van der Waals surface area contributed by atoms with Crippen molar-refractivity contribution in [1.82, 2.24) is 10.2 Å². The first-order chi connectivity index (χ1) is 8.74. The summed E-state index contributed by atoms with van der Waals surface area (Å²) in [6.45, 7) is 19.0. The van der Waals surface area contributed by atoms with Crippen LogP contribution in [0.4, 0.5) is 0 Å². The minimum absolute atomic E-state index is 0.228. The molecule has 1 aliphatic rings. The van der Waals surface area contributed by atoms with Crippen molar-refractivity contribution in [2.24, 2.45) is 11.3 Å². The van der Waals surface area contributed by atoms with E-state index in [1.54, 1.807) is 0 Å². The highest BCUT2D eigenvalue weighted by Crippen LogP contribution is 2.27. The zero-order valence-corrected chi connectivity index (χ0v) is 14.2. The number of nitrogens with one attached hydrogen (secondary N) is 1. The van der Waals surface area contributed by atoms with Gasteiger partial charge in [-0.2, -0.15) is 0 Å². The van der Waals surface area contributed by atoms with E-state index in [1.165, 1.54) is 45.3 Å². The average Bonchev–Trinajstić information content (AvgIpc) is 2.30. The molecule has 0 amide bonds. The van der Waals surface area contributed by atoms with E-state index in [-0.39, 0.29) is 5.54 Å². The first-order valence-corrected chi connectivity index (χ1v) is 8.21. The maximum atomic E-state index is 3.72. The predicted molar refractivity (Wildman–Crippen MR) is 85.6 cm³/mol. The van der Waals surface area contributed by atoms with Gasteiger partial charge in [0.15, 0.2) is 0 Å². The van der Waals surface area contributed by atoms with Crippen LogP contribution < -0.4 is 5.32 Å². The molecule has 1 aliphatic heterocycles. The molecular weight excluding hydrogens is 232 g/mol. The summed E-state index contributed by atoms with van der Waals surface area (Å²) < 4.78 is 0. The zero-order chi connectivity index (χ0) is 14.5. The highest BCUT2D eigenvalue weighted by molar-refractivity contribution is 4.85. The Kier molecular flexibility index (Phi) is 6.32. The molecule has 0 saturated carbocycles. The third-order valence-corrected chi connectivity index (χ3v) is 4.38. The minimum atomic E-state index is 0.228. The molecule has 2 nitrogen and oxygen atoms in total. The summed E-state index contributed by atoms with van der Waals surface area (Å²) in [6.07, 6.45) is 5.37. The molecule has 0 spiro atoms. The minimum Gasteiger partial charge on any atom is -0.311 e. The maximum Gasteiger partial charge on any atom is 0.00967 e. The van der Waals surface area contributed by atoms with E-state index >= 15 is 0 Å². The van der Waals surface area contributed by atoms with Gasteiger partial charge in [-0.3, -0.25) is 0 Å². The van der Waals surface area contributed by atoms with Crippen molar-refractivity contribution >= 4 is 0 Å². The molecule has 1 unspecified atom stereocenters. The number of hydrogen-bond donors (Lipinski definition) is 1. The second-order valence-electron chi connectivity index (χ2n) is 8.12. The molecule has 2 heteroatoms. The van der Waals surface area contributed by atoms with Gasteiger partial charge in [0, 0.05) is 18.6 Å². The van der Waals surface area contributed by atoms with Crippen LogP contribution in [0.2, 0.25) is 0 Å². The molecule has 1 rings (SSSR count). The fourth-order valence-electron chi connectivity index (χ4n) is 3.07. The summed E-state index contributed by atoms with van der Waals surface area (Å²) in [5, 5.41) is 3.72. The first-order valence-electron chi connectivity index (χ1n) is 8.21. The molecule has 114 valence electrons. The van der Waals surface area contributed by atoms with Crippen LogP contribution in [0.25, 0.3) is 0 Å². The Hall–Kier alpha value is -0.0800. The van der Waals surface area contributed by atoms with Crippen molar-refractivity contribution < 1.29 is 0 Å². The lowest BCUT2D eigenvalue weighted by Gasteiger charge is -2.40. The normalized spacial score (nSPS) is 22.4. The van der Waals surface area contributed by atoms with Gasteiger partial charge < -0.3 is 10.2 Å². The number of nitrogens with zero attached hydrogens (tertiary/aromatic N) is 1. The number of piperidine rings is 1. The molecule has 0 aromatic rings. The molecule has 1 atom stereocenters. The molecule has 0 aromatic carbocycles. The summed E-state index contributed by atoms with van der Waals surface area (Å²) in [5.74, 6) is 0.932. The first kappa shape index (κ1) is 17.0. The molecule has 19 heavy (non-hydrogen) atoms. The Morgan fingerprint density at radius 2 is 1.68 bits per heavy atom. The van der Waals surface area contributed by atoms with E-state index in [4.69, 9.17) is 0 Å². The second kappa shape index (κ2) is 7.08. The summed E-state index contributed by atoms with van der Waals surface area (Å²) in [6, 6.07) is 0. The van der Waals surface area contributed by atoms with Crippen LogP contribution in [0.1, 0.15) is 67.2 Å². The number of likely N-dealkylation sites (tertiary alicyclic amines) is 1. The van der Waals surface area contributed by atoms with Gasteiger partial charge in [0.25, 0.3) is 0 Å². The van der Waals surface area contributed by atoms with Gasteiger partial charge in [0.05, 0.1) is 0 Å². The van der Waals surface area contributed by atoms with Gasteiger partial charge in [-0.25, -0.2) is 0 Å². The predicted octanol–water partition coefficient (Wildman–Crippen LogP) is 3.91. The standard InChI is InChI=1S/C17H36N2/c1-7-10-17(6,13-18-16(3,4)5)14-19-11-8-15(2)9-12-19/h15,18H,7-14H2,1-6H3. The smallest absolute Gasteiger partial charge is 0.00967 e. The third-order valence-electron chi connectivity index (χ3n) is 4.38. The van der Waals surface area contributed by atoms with Crippen LogP contribution >= 0.6 is 0 Å². The Morgan fingerprint density at radius 1 is 1.11 bits per heavy atom. The Bertz CT molecular complexity index is 248. The SMILES string of the molecule is CCCC(C)(CNC(C)(C)C)CN1CCC(C)CC1. The Balaban J connectivity index is 2.50. The van der Waals surface area contributed by atoms with Crippen molar-refractivity contribution in [2.75, 3.05) is 26.2 Å². The van der Waals surface area contributed by atoms with Crippen LogP contribution in [-0.2, 0) is 0 Å². The highest BCUT2D eigenvalue weighted by Gasteiger charge is 2.29. The van der Waals surface area contributed by atoms with Crippen LogP contribution in [0.3, 0.4) is 0 Å². The molecule has 0 bridgehead atoms. The van der Waals surface area contributed by atoms with E-state index in [0.717, 1.165) is 12.5 Å². The van der Waals surface area contributed by atoms with E-state index in [1.807, 2.05) is 0 Å². The van der Waals surface area contributed by atoms with Gasteiger partial charge in [-0.1, -0.05) is 27.2 Å². The van der Waals surface area contributed by atoms with Crippen molar-refractivity contribution in [2.45, 2.75) is 72.8 Å². The van der Waals surface area contributed by atoms with E-state index in [9.17, 15) is 0 Å². The molecule has 0 aromatic heterocycles. The molecule has 1 heterocycles. The fraction of sp³-hybridized carbons (Fsp3) is 1.00. The largest absolute Gasteiger partial charge is 0.311 e. The molecule has 0 radical (unpaired) electrons. The van der Waals surface area contributed by atoms with Gasteiger partial charge in [0.2, 0.25) is 0 Å². The van der Waals surface area contributed by atoms with E-state index in [0.29, 0.717) is 5.41 Å².